The second-order valence-electron chi connectivity index (χ2n) is 6.18. The molecule has 5 nitrogen and oxygen atoms in total. The summed E-state index contributed by atoms with van der Waals surface area (Å²) in [5, 5.41) is 6.15. The number of amides is 2. The highest BCUT2D eigenvalue weighted by Gasteiger charge is 2.40. The van der Waals surface area contributed by atoms with Gasteiger partial charge >= 0.3 is 0 Å². The second kappa shape index (κ2) is 5.99. The van der Waals surface area contributed by atoms with Crippen LogP contribution in [0.5, 0.6) is 5.75 Å². The summed E-state index contributed by atoms with van der Waals surface area (Å²) in [6, 6.07) is 5.57. The van der Waals surface area contributed by atoms with E-state index >= 15 is 0 Å². The smallest absolute Gasteiger partial charge is 0.251 e. The van der Waals surface area contributed by atoms with Gasteiger partial charge in [0.1, 0.15) is 5.75 Å². The third kappa shape index (κ3) is 2.93. The van der Waals surface area contributed by atoms with E-state index in [4.69, 9.17) is 4.74 Å². The van der Waals surface area contributed by atoms with E-state index in [1.54, 1.807) is 13.2 Å². The van der Waals surface area contributed by atoms with Crippen LogP contribution in [0.2, 0.25) is 0 Å². The minimum absolute atomic E-state index is 0.0169. The molecule has 5 heteroatoms. The number of ether oxygens (including phenoxy) is 1. The van der Waals surface area contributed by atoms with E-state index in [1.165, 1.54) is 0 Å². The van der Waals surface area contributed by atoms with Crippen molar-refractivity contribution in [3.63, 3.8) is 0 Å². The number of nitrogens with one attached hydrogen (secondary N) is 2. The average Bonchev–Trinajstić information content (AvgIpc) is 3.34. The summed E-state index contributed by atoms with van der Waals surface area (Å²) in [7, 11) is 1.60. The molecule has 0 spiro atoms. The largest absolute Gasteiger partial charge is 0.496 e. The highest BCUT2D eigenvalue weighted by atomic mass is 16.5. The predicted octanol–water partition coefficient (Wildman–Crippen LogP) is 1.79. The summed E-state index contributed by atoms with van der Waals surface area (Å²) in [5.41, 5.74) is 1.47. The first kappa shape index (κ1) is 14.9. The molecule has 2 amide bonds. The number of hydrogen-bond acceptors (Lipinski definition) is 3. The van der Waals surface area contributed by atoms with Crippen molar-refractivity contribution in [2.45, 2.75) is 44.7 Å². The summed E-state index contributed by atoms with van der Waals surface area (Å²) in [6.45, 7) is 1.88. The Hall–Kier alpha value is -2.04. The molecule has 3 rings (SSSR count). The van der Waals surface area contributed by atoms with Crippen molar-refractivity contribution in [3.05, 3.63) is 29.3 Å². The van der Waals surface area contributed by atoms with Gasteiger partial charge in [0.15, 0.2) is 0 Å². The Bertz CT molecular complexity index is 596. The van der Waals surface area contributed by atoms with Crippen molar-refractivity contribution < 1.29 is 14.3 Å². The van der Waals surface area contributed by atoms with Crippen LogP contribution in [-0.2, 0) is 4.79 Å². The summed E-state index contributed by atoms with van der Waals surface area (Å²) >= 11 is 0. The highest BCUT2D eigenvalue weighted by molar-refractivity contribution is 5.96. The highest BCUT2D eigenvalue weighted by Crippen LogP contribution is 2.36. The van der Waals surface area contributed by atoms with Crippen molar-refractivity contribution in [1.82, 2.24) is 10.6 Å². The van der Waals surface area contributed by atoms with E-state index in [2.05, 4.69) is 10.6 Å². The van der Waals surface area contributed by atoms with Crippen molar-refractivity contribution in [3.8, 4) is 5.75 Å². The maximum absolute atomic E-state index is 12.6. The van der Waals surface area contributed by atoms with E-state index in [1.807, 2.05) is 19.1 Å². The van der Waals surface area contributed by atoms with E-state index in [0.717, 1.165) is 18.4 Å². The molecule has 0 aromatic heterocycles. The predicted molar refractivity (Wildman–Crippen MR) is 82.9 cm³/mol. The average molecular weight is 302 g/mol. The lowest BCUT2D eigenvalue weighted by Crippen LogP contribution is -2.56. The molecule has 1 aromatic carbocycles. The Balaban J connectivity index is 1.74. The molecular weight excluding hydrogens is 280 g/mol. The van der Waals surface area contributed by atoms with Crippen LogP contribution >= 0.6 is 0 Å². The molecular formula is C17H22N2O3. The molecule has 1 aromatic rings. The minimum atomic E-state index is -0.0943. The normalized spacial score (nSPS) is 24.5. The van der Waals surface area contributed by atoms with Gasteiger partial charge in [0.05, 0.1) is 19.2 Å². The molecule has 2 aliphatic rings. The maximum atomic E-state index is 12.6. The summed E-state index contributed by atoms with van der Waals surface area (Å²) in [4.78, 5) is 24.2. The first-order valence-corrected chi connectivity index (χ1v) is 7.84. The molecule has 1 aliphatic carbocycles. The molecule has 1 saturated heterocycles. The number of carbonyl (C=O) groups is 2. The zero-order valence-electron chi connectivity index (χ0n) is 13.0. The fourth-order valence-electron chi connectivity index (χ4n) is 3.22. The van der Waals surface area contributed by atoms with Gasteiger partial charge < -0.3 is 15.4 Å². The Kier molecular flexibility index (Phi) is 4.05. The standard InChI is InChI=1S/C17H22N2O3/c1-10-12(4-3-5-14(10)22-2)17(21)18-13-8-9-15(20)19-16(13)11-6-7-11/h3-5,11,13,16H,6-9H2,1-2H3,(H,18,21)(H,19,20)/t13-,16+/m1/s1. The van der Waals surface area contributed by atoms with Crippen molar-refractivity contribution >= 4 is 11.8 Å². The molecule has 2 fully saturated rings. The van der Waals surface area contributed by atoms with Crippen LogP contribution in [0.25, 0.3) is 0 Å². The van der Waals surface area contributed by atoms with Crippen LogP contribution in [0, 0.1) is 12.8 Å². The number of methoxy groups -OCH3 is 1. The molecule has 2 atom stereocenters. The van der Waals surface area contributed by atoms with Crippen LogP contribution in [-0.4, -0.2) is 31.0 Å². The lowest BCUT2D eigenvalue weighted by Gasteiger charge is -2.33. The number of benzene rings is 1. The second-order valence-corrected chi connectivity index (χ2v) is 6.18. The lowest BCUT2D eigenvalue weighted by atomic mass is 9.93. The van der Waals surface area contributed by atoms with E-state index in [9.17, 15) is 9.59 Å². The van der Waals surface area contributed by atoms with Gasteiger partial charge in [-0.05, 0) is 44.2 Å². The number of carbonyl (C=O) groups excluding carboxylic acids is 2. The van der Waals surface area contributed by atoms with Gasteiger partial charge in [-0.15, -0.1) is 0 Å². The van der Waals surface area contributed by atoms with Crippen LogP contribution < -0.4 is 15.4 Å². The SMILES string of the molecule is COc1cccc(C(=O)N[C@@H]2CCC(=O)N[C@H]2C2CC2)c1C. The third-order valence-corrected chi connectivity index (χ3v) is 4.64. The van der Waals surface area contributed by atoms with Crippen LogP contribution in [0.15, 0.2) is 18.2 Å². The summed E-state index contributed by atoms with van der Waals surface area (Å²) in [5.74, 6) is 1.23. The molecule has 118 valence electrons. The number of piperidine rings is 1. The van der Waals surface area contributed by atoms with Crippen LogP contribution in [0.1, 0.15) is 41.6 Å². The molecule has 0 radical (unpaired) electrons. The van der Waals surface area contributed by atoms with Gasteiger partial charge in [0.25, 0.3) is 5.91 Å². The van der Waals surface area contributed by atoms with Crippen LogP contribution in [0.3, 0.4) is 0 Å². The first-order valence-electron chi connectivity index (χ1n) is 7.84. The van der Waals surface area contributed by atoms with Crippen LogP contribution in [0.4, 0.5) is 0 Å². The van der Waals surface area contributed by atoms with Crippen molar-refractivity contribution in [1.29, 1.82) is 0 Å². The van der Waals surface area contributed by atoms with Crippen molar-refractivity contribution in [2.24, 2.45) is 5.92 Å². The minimum Gasteiger partial charge on any atom is -0.496 e. The fourth-order valence-corrected chi connectivity index (χ4v) is 3.22. The van der Waals surface area contributed by atoms with Gasteiger partial charge in [-0.25, -0.2) is 0 Å². The molecule has 1 aliphatic heterocycles. The Morgan fingerprint density at radius 3 is 2.77 bits per heavy atom. The molecule has 1 heterocycles. The molecule has 22 heavy (non-hydrogen) atoms. The molecule has 2 N–H and O–H groups in total. The topological polar surface area (TPSA) is 67.4 Å². The van der Waals surface area contributed by atoms with Crippen molar-refractivity contribution in [2.75, 3.05) is 7.11 Å². The summed E-state index contributed by atoms with van der Waals surface area (Å²) < 4.78 is 5.27. The monoisotopic (exact) mass is 302 g/mol. The third-order valence-electron chi connectivity index (χ3n) is 4.64. The van der Waals surface area contributed by atoms with E-state index in [-0.39, 0.29) is 23.9 Å². The zero-order valence-corrected chi connectivity index (χ0v) is 13.0. The number of rotatable bonds is 4. The fraction of sp³-hybridized carbons (Fsp3) is 0.529. The Morgan fingerprint density at radius 2 is 2.09 bits per heavy atom. The Labute approximate surface area is 130 Å². The van der Waals surface area contributed by atoms with Gasteiger partial charge in [0, 0.05) is 17.5 Å². The van der Waals surface area contributed by atoms with E-state index < -0.39 is 0 Å². The number of hydrogen-bond donors (Lipinski definition) is 2. The summed E-state index contributed by atoms with van der Waals surface area (Å²) in [6.07, 6.45) is 3.46. The van der Waals surface area contributed by atoms with Gasteiger partial charge in [-0.3, -0.25) is 9.59 Å². The van der Waals surface area contributed by atoms with Gasteiger partial charge in [-0.1, -0.05) is 6.07 Å². The molecule has 1 saturated carbocycles. The van der Waals surface area contributed by atoms with Gasteiger partial charge in [0.2, 0.25) is 5.91 Å². The Morgan fingerprint density at radius 1 is 1.32 bits per heavy atom. The molecule has 0 unspecified atom stereocenters. The zero-order chi connectivity index (χ0) is 15.7. The van der Waals surface area contributed by atoms with Gasteiger partial charge in [-0.2, -0.15) is 0 Å². The molecule has 0 bridgehead atoms. The van der Waals surface area contributed by atoms with E-state index in [0.29, 0.717) is 30.1 Å². The quantitative estimate of drug-likeness (QED) is 0.891. The first-order chi connectivity index (χ1) is 10.6. The lowest BCUT2D eigenvalue weighted by molar-refractivity contribution is -0.124. The maximum Gasteiger partial charge on any atom is 0.251 e.